The van der Waals surface area contributed by atoms with Crippen LogP contribution in [0.25, 0.3) is 0 Å². The van der Waals surface area contributed by atoms with Crippen molar-refractivity contribution in [3.8, 4) is 0 Å². The smallest absolute Gasteiger partial charge is 0.462 e. The summed E-state index contributed by atoms with van der Waals surface area (Å²) < 4.78 is 68.5. The van der Waals surface area contributed by atoms with E-state index < -0.39 is 97.5 Å². The molecule has 95 heavy (non-hydrogen) atoms. The Morgan fingerprint density at radius 2 is 0.505 bits per heavy atom. The number of aliphatic hydroxyl groups is 1. The maximum Gasteiger partial charge on any atom is 0.472 e. The highest BCUT2D eigenvalue weighted by Crippen LogP contribution is 2.45. The lowest BCUT2D eigenvalue weighted by Crippen LogP contribution is -2.30. The van der Waals surface area contributed by atoms with E-state index >= 15 is 0 Å². The normalized spacial score (nSPS) is 14.4. The number of unbranched alkanes of at least 4 members (excludes halogenated alkanes) is 38. The number of phosphoric acid groups is 2. The van der Waals surface area contributed by atoms with Crippen LogP contribution in [-0.4, -0.2) is 96.7 Å². The fraction of sp³-hybridized carbons (Fsp3) is 0.947. The fourth-order valence-electron chi connectivity index (χ4n) is 11.5. The molecule has 0 aliphatic carbocycles. The lowest BCUT2D eigenvalue weighted by Gasteiger charge is -2.21. The third kappa shape index (κ3) is 69.0. The summed E-state index contributed by atoms with van der Waals surface area (Å²) in [6.07, 6.45) is 50.0. The molecule has 0 aliphatic heterocycles. The van der Waals surface area contributed by atoms with Gasteiger partial charge in [-0.15, -0.1) is 0 Å². The van der Waals surface area contributed by atoms with Gasteiger partial charge < -0.3 is 33.8 Å². The van der Waals surface area contributed by atoms with Crippen LogP contribution in [0, 0.1) is 23.7 Å². The van der Waals surface area contributed by atoms with E-state index in [0.717, 1.165) is 114 Å². The van der Waals surface area contributed by atoms with Gasteiger partial charge in [-0.3, -0.25) is 37.3 Å². The monoisotopic (exact) mass is 1400 g/mol. The maximum atomic E-state index is 13.1. The van der Waals surface area contributed by atoms with Crippen LogP contribution < -0.4 is 0 Å². The van der Waals surface area contributed by atoms with Gasteiger partial charge in [0.1, 0.15) is 19.3 Å². The second-order valence-electron chi connectivity index (χ2n) is 29.1. The van der Waals surface area contributed by atoms with Crippen molar-refractivity contribution in [3.05, 3.63) is 0 Å². The Labute approximate surface area is 581 Å². The molecule has 0 aliphatic rings. The zero-order valence-corrected chi connectivity index (χ0v) is 64.1. The molecule has 3 N–H and O–H groups in total. The predicted molar refractivity (Wildman–Crippen MR) is 386 cm³/mol. The number of aliphatic hydroxyl groups excluding tert-OH is 1. The van der Waals surface area contributed by atoms with Crippen LogP contribution in [0.5, 0.6) is 0 Å². The van der Waals surface area contributed by atoms with E-state index in [-0.39, 0.29) is 25.7 Å². The van der Waals surface area contributed by atoms with Crippen molar-refractivity contribution < 1.29 is 80.2 Å². The van der Waals surface area contributed by atoms with Crippen molar-refractivity contribution >= 4 is 39.5 Å². The van der Waals surface area contributed by atoms with Gasteiger partial charge in [-0.25, -0.2) is 9.13 Å². The minimum absolute atomic E-state index is 0.103. The number of phosphoric ester groups is 2. The van der Waals surface area contributed by atoms with Crippen LogP contribution in [0.1, 0.15) is 383 Å². The first-order valence-corrected chi connectivity index (χ1v) is 42.2. The number of carbonyl (C=O) groups is 4. The zero-order valence-electron chi connectivity index (χ0n) is 62.3. The summed E-state index contributed by atoms with van der Waals surface area (Å²) in [5.74, 6) is 0.937. The molecular weight excluding hydrogens is 1250 g/mol. The molecule has 0 aromatic rings. The molecule has 0 spiro atoms. The molecule has 0 heterocycles. The van der Waals surface area contributed by atoms with Gasteiger partial charge in [0.15, 0.2) is 12.2 Å². The molecule has 19 heteroatoms. The highest BCUT2D eigenvalue weighted by atomic mass is 31.2. The second kappa shape index (κ2) is 65.4. The Kier molecular flexibility index (Phi) is 64.0. The SMILES string of the molecule is CCC(C)CCCCCCCCCCCCCCCCC(=O)O[C@H](COC(=O)CCCCCCCCCCCCCCCC(C)C)COP(=O)(O)OCC(O)COP(=O)(O)OC[C@@H](COC(=O)CCCCCCCCCC(C)C)OC(=O)CCCCCCCCCCC(C)C. The van der Waals surface area contributed by atoms with E-state index in [1.54, 1.807) is 0 Å². The van der Waals surface area contributed by atoms with E-state index in [4.69, 9.17) is 37.0 Å². The van der Waals surface area contributed by atoms with Crippen molar-refractivity contribution in [1.82, 2.24) is 0 Å². The van der Waals surface area contributed by atoms with Crippen LogP contribution in [0.15, 0.2) is 0 Å². The molecule has 17 nitrogen and oxygen atoms in total. The average molecular weight is 1400 g/mol. The number of rotatable bonds is 73. The van der Waals surface area contributed by atoms with Crippen molar-refractivity contribution in [2.45, 2.75) is 401 Å². The molecule has 0 saturated carbocycles. The molecule has 6 atom stereocenters. The molecule has 564 valence electrons. The van der Waals surface area contributed by atoms with Gasteiger partial charge in [0.05, 0.1) is 26.4 Å². The minimum atomic E-state index is -4.96. The van der Waals surface area contributed by atoms with Gasteiger partial charge in [-0.05, 0) is 49.4 Å². The zero-order chi connectivity index (χ0) is 70.3. The Bertz CT molecular complexity index is 1870. The number of esters is 4. The minimum Gasteiger partial charge on any atom is -0.462 e. The lowest BCUT2D eigenvalue weighted by molar-refractivity contribution is -0.161. The van der Waals surface area contributed by atoms with Crippen LogP contribution in [0.3, 0.4) is 0 Å². The van der Waals surface area contributed by atoms with Crippen molar-refractivity contribution in [3.63, 3.8) is 0 Å². The molecule has 0 bridgehead atoms. The van der Waals surface area contributed by atoms with E-state index in [1.165, 1.54) is 180 Å². The predicted octanol–water partition coefficient (Wildman–Crippen LogP) is 22.0. The third-order valence-corrected chi connectivity index (χ3v) is 19.8. The van der Waals surface area contributed by atoms with Gasteiger partial charge in [-0.1, -0.05) is 331 Å². The number of ether oxygens (including phenoxy) is 4. The number of hydrogen-bond acceptors (Lipinski definition) is 15. The summed E-state index contributed by atoms with van der Waals surface area (Å²) in [6.45, 7) is 14.2. The Morgan fingerprint density at radius 3 is 0.747 bits per heavy atom. The first-order chi connectivity index (χ1) is 45.6. The van der Waals surface area contributed by atoms with E-state index in [1.807, 2.05) is 0 Å². The highest BCUT2D eigenvalue weighted by molar-refractivity contribution is 7.47. The summed E-state index contributed by atoms with van der Waals surface area (Å²) in [5, 5.41) is 10.6. The van der Waals surface area contributed by atoms with E-state index in [0.29, 0.717) is 31.6 Å². The van der Waals surface area contributed by atoms with Gasteiger partial charge >= 0.3 is 39.5 Å². The molecule has 0 fully saturated rings. The third-order valence-electron chi connectivity index (χ3n) is 17.9. The van der Waals surface area contributed by atoms with Crippen LogP contribution in [-0.2, 0) is 65.4 Å². The maximum absolute atomic E-state index is 13.1. The summed E-state index contributed by atoms with van der Waals surface area (Å²) in [6, 6.07) is 0. The van der Waals surface area contributed by atoms with Gasteiger partial charge in [0.25, 0.3) is 0 Å². The van der Waals surface area contributed by atoms with Crippen molar-refractivity contribution in [2.24, 2.45) is 23.7 Å². The number of carbonyl (C=O) groups excluding carboxylic acids is 4. The summed E-state index contributed by atoms with van der Waals surface area (Å²) in [4.78, 5) is 72.8. The second-order valence-corrected chi connectivity index (χ2v) is 32.0. The standard InChI is InChI=1S/C76H148O17P2/c1-9-69(8)55-47-39-31-22-18-14-10-11-15-20-24-33-42-50-58-75(80)92-71(62-86-73(78)56-48-40-32-23-19-16-12-13-17-21-28-36-44-52-66(2)3)64-90-94(82,83)88-60-70(77)61-89-95(84,85)91-65-72(63-87-74(79)57-49-41-35-27-30-38-46-54-68(6)7)93-76(81)59-51-43-34-26-25-29-37-45-53-67(4)5/h66-72,77H,9-65H2,1-8H3,(H,82,83)(H,84,85)/t69?,70?,71-,72-/m1/s1. The van der Waals surface area contributed by atoms with Gasteiger partial charge in [-0.2, -0.15) is 0 Å². The average Bonchev–Trinajstić information content (AvgIpc) is 1.55. The molecule has 0 saturated heterocycles. The number of hydrogen-bond donors (Lipinski definition) is 3. The largest absolute Gasteiger partial charge is 0.472 e. The highest BCUT2D eigenvalue weighted by Gasteiger charge is 2.30. The molecule has 4 unspecified atom stereocenters. The summed E-state index contributed by atoms with van der Waals surface area (Å²) >= 11 is 0. The van der Waals surface area contributed by atoms with Gasteiger partial charge in [0.2, 0.25) is 0 Å². The first kappa shape index (κ1) is 93.1. The van der Waals surface area contributed by atoms with Crippen molar-refractivity contribution in [2.75, 3.05) is 39.6 Å². The Balaban J connectivity index is 5.24. The van der Waals surface area contributed by atoms with Crippen LogP contribution in [0.4, 0.5) is 0 Å². The summed E-state index contributed by atoms with van der Waals surface area (Å²) in [5.41, 5.74) is 0. The van der Waals surface area contributed by atoms with E-state index in [2.05, 4.69) is 55.4 Å². The topological polar surface area (TPSA) is 237 Å². The first-order valence-electron chi connectivity index (χ1n) is 39.2. The summed E-state index contributed by atoms with van der Waals surface area (Å²) in [7, 11) is -9.91. The molecule has 0 aromatic carbocycles. The molecule has 0 rings (SSSR count). The molecule has 0 radical (unpaired) electrons. The quantitative estimate of drug-likeness (QED) is 0.0222. The molecule has 0 amide bonds. The van der Waals surface area contributed by atoms with Crippen LogP contribution in [0.2, 0.25) is 0 Å². The lowest BCUT2D eigenvalue weighted by atomic mass is 9.99. The van der Waals surface area contributed by atoms with Crippen molar-refractivity contribution in [1.29, 1.82) is 0 Å². The fourth-order valence-corrected chi connectivity index (χ4v) is 13.1. The molecular formula is C76H148O17P2. The van der Waals surface area contributed by atoms with E-state index in [9.17, 15) is 43.2 Å². The Morgan fingerprint density at radius 1 is 0.295 bits per heavy atom. The Hall–Kier alpha value is -1.94. The molecule has 0 aromatic heterocycles. The van der Waals surface area contributed by atoms with Crippen LogP contribution >= 0.6 is 15.6 Å². The van der Waals surface area contributed by atoms with Gasteiger partial charge in [0, 0.05) is 25.7 Å².